The topological polar surface area (TPSA) is 9.23 Å². The summed E-state index contributed by atoms with van der Waals surface area (Å²) in [5.41, 5.74) is 4.58. The number of allylic oxidation sites excluding steroid dienone is 5. The Balaban J connectivity index is 2.05. The van der Waals surface area contributed by atoms with Crippen LogP contribution in [-0.4, -0.2) is 7.11 Å². The molecule has 0 atom stereocenters. The molecule has 0 radical (unpaired) electrons. The minimum Gasteiger partial charge on any atom is -0.504 e. The zero-order chi connectivity index (χ0) is 14.2. The second kappa shape index (κ2) is 8.34. The van der Waals surface area contributed by atoms with Crippen LogP contribution in [0.15, 0.2) is 35.1 Å². The third-order valence-electron chi connectivity index (χ3n) is 4.69. The molecular formula is C19H30O. The molecule has 2 aliphatic rings. The van der Waals surface area contributed by atoms with Crippen LogP contribution in [0, 0.1) is 5.92 Å². The van der Waals surface area contributed by atoms with E-state index in [0.29, 0.717) is 0 Å². The van der Waals surface area contributed by atoms with Crippen molar-refractivity contribution in [2.45, 2.75) is 71.1 Å². The number of hydrogen-bond donors (Lipinski definition) is 0. The summed E-state index contributed by atoms with van der Waals surface area (Å²) >= 11 is 0. The molecule has 20 heavy (non-hydrogen) atoms. The smallest absolute Gasteiger partial charge is 0.0862 e. The Morgan fingerprint density at radius 2 is 1.95 bits per heavy atom. The molecule has 0 heterocycles. The van der Waals surface area contributed by atoms with E-state index >= 15 is 0 Å². The van der Waals surface area contributed by atoms with Crippen LogP contribution in [0.2, 0.25) is 0 Å². The molecule has 112 valence electrons. The Kier molecular flexibility index (Phi) is 6.42. The Hall–Kier alpha value is -0.980. The molecule has 0 amide bonds. The lowest BCUT2D eigenvalue weighted by Gasteiger charge is -2.28. The minimum atomic E-state index is 0.776. The van der Waals surface area contributed by atoms with Crippen LogP contribution in [0.4, 0.5) is 0 Å². The average Bonchev–Trinajstić information content (AvgIpc) is 2.49. The van der Waals surface area contributed by atoms with Gasteiger partial charge in [-0.05, 0) is 49.2 Å². The maximum Gasteiger partial charge on any atom is 0.0862 e. The van der Waals surface area contributed by atoms with Crippen LogP contribution in [0.25, 0.3) is 0 Å². The average molecular weight is 274 g/mol. The molecule has 0 aromatic carbocycles. The lowest BCUT2D eigenvalue weighted by molar-refractivity contribution is 0.330. The van der Waals surface area contributed by atoms with Crippen LogP contribution in [-0.2, 0) is 4.74 Å². The monoisotopic (exact) mass is 274 g/mol. The van der Waals surface area contributed by atoms with Crippen LogP contribution >= 0.6 is 0 Å². The van der Waals surface area contributed by atoms with E-state index in [4.69, 9.17) is 4.74 Å². The maximum atomic E-state index is 5.35. The highest BCUT2D eigenvalue weighted by molar-refractivity contribution is 5.43. The first-order valence-corrected chi connectivity index (χ1v) is 8.47. The lowest BCUT2D eigenvalue weighted by atomic mass is 9.77. The maximum absolute atomic E-state index is 5.35. The van der Waals surface area contributed by atoms with Gasteiger partial charge in [0.15, 0.2) is 0 Å². The summed E-state index contributed by atoms with van der Waals surface area (Å²) < 4.78 is 5.35. The molecule has 0 aliphatic heterocycles. The summed E-state index contributed by atoms with van der Waals surface area (Å²) in [7, 11) is 1.78. The van der Waals surface area contributed by atoms with Crippen LogP contribution in [0.1, 0.15) is 71.1 Å². The summed E-state index contributed by atoms with van der Waals surface area (Å²) in [5.74, 6) is 0.776. The summed E-state index contributed by atoms with van der Waals surface area (Å²) in [6, 6.07) is 0. The van der Waals surface area contributed by atoms with Gasteiger partial charge in [-0.25, -0.2) is 0 Å². The van der Waals surface area contributed by atoms with Gasteiger partial charge in [-0.3, -0.25) is 0 Å². The molecule has 0 spiro atoms. The highest BCUT2D eigenvalue weighted by Crippen LogP contribution is 2.38. The van der Waals surface area contributed by atoms with E-state index in [1.165, 1.54) is 63.4 Å². The summed E-state index contributed by atoms with van der Waals surface area (Å²) in [4.78, 5) is 0. The van der Waals surface area contributed by atoms with Gasteiger partial charge in [0.2, 0.25) is 0 Å². The summed E-state index contributed by atoms with van der Waals surface area (Å²) in [6.45, 7) is 2.27. The predicted octanol–water partition coefficient (Wildman–Crippen LogP) is 5.93. The number of rotatable bonds is 6. The van der Waals surface area contributed by atoms with Crippen LogP contribution < -0.4 is 0 Å². The third kappa shape index (κ3) is 4.26. The van der Waals surface area contributed by atoms with Crippen molar-refractivity contribution < 1.29 is 4.74 Å². The number of hydrogen-bond acceptors (Lipinski definition) is 1. The van der Waals surface area contributed by atoms with Gasteiger partial charge in [-0.15, -0.1) is 0 Å². The number of methoxy groups -OCH3 is 1. The van der Waals surface area contributed by atoms with E-state index in [2.05, 4.69) is 19.1 Å². The van der Waals surface area contributed by atoms with E-state index in [1.807, 2.05) is 6.26 Å². The molecule has 0 bridgehead atoms. The SMILES string of the molecule is CCCCCC1=CC=C(C2CCCCC2)/C(=C/OC)C1. The highest BCUT2D eigenvalue weighted by Gasteiger charge is 2.22. The molecule has 0 aromatic rings. The highest BCUT2D eigenvalue weighted by atomic mass is 16.5. The van der Waals surface area contributed by atoms with Gasteiger partial charge < -0.3 is 4.74 Å². The lowest BCUT2D eigenvalue weighted by Crippen LogP contribution is -2.13. The van der Waals surface area contributed by atoms with E-state index in [9.17, 15) is 0 Å². The molecule has 1 saturated carbocycles. The zero-order valence-corrected chi connectivity index (χ0v) is 13.3. The third-order valence-corrected chi connectivity index (χ3v) is 4.69. The Labute approximate surface area is 124 Å². The first kappa shape index (κ1) is 15.4. The first-order valence-electron chi connectivity index (χ1n) is 8.47. The molecule has 2 rings (SSSR count). The molecule has 0 N–H and O–H groups in total. The Morgan fingerprint density at radius 3 is 2.65 bits per heavy atom. The molecule has 0 aromatic heterocycles. The Bertz CT molecular complexity index is 381. The van der Waals surface area contributed by atoms with Gasteiger partial charge in [0, 0.05) is 0 Å². The summed E-state index contributed by atoms with van der Waals surface area (Å²) in [6.07, 6.45) is 20.1. The zero-order valence-electron chi connectivity index (χ0n) is 13.3. The van der Waals surface area contributed by atoms with Gasteiger partial charge >= 0.3 is 0 Å². The molecule has 1 fully saturated rings. The minimum absolute atomic E-state index is 0.776. The van der Waals surface area contributed by atoms with E-state index in [-0.39, 0.29) is 0 Å². The fourth-order valence-corrected chi connectivity index (χ4v) is 3.56. The van der Waals surface area contributed by atoms with Crippen LogP contribution in [0.3, 0.4) is 0 Å². The van der Waals surface area contributed by atoms with E-state index in [1.54, 1.807) is 18.3 Å². The van der Waals surface area contributed by atoms with Crippen molar-refractivity contribution in [3.8, 4) is 0 Å². The molecule has 1 nitrogen and oxygen atoms in total. The fraction of sp³-hybridized carbons (Fsp3) is 0.684. The van der Waals surface area contributed by atoms with Gasteiger partial charge in [-0.1, -0.05) is 56.8 Å². The Morgan fingerprint density at radius 1 is 1.15 bits per heavy atom. The van der Waals surface area contributed by atoms with Crippen LogP contribution in [0.5, 0.6) is 0 Å². The molecule has 0 saturated heterocycles. The van der Waals surface area contributed by atoms with Gasteiger partial charge in [0.25, 0.3) is 0 Å². The first-order chi connectivity index (χ1) is 9.85. The summed E-state index contributed by atoms with van der Waals surface area (Å²) in [5, 5.41) is 0. The molecule has 0 unspecified atom stereocenters. The van der Waals surface area contributed by atoms with Crippen molar-refractivity contribution >= 4 is 0 Å². The normalized spacial score (nSPS) is 22.6. The van der Waals surface area contributed by atoms with Gasteiger partial charge in [0.1, 0.15) is 0 Å². The quantitative estimate of drug-likeness (QED) is 0.430. The predicted molar refractivity (Wildman–Crippen MR) is 86.6 cm³/mol. The molecule has 1 heteroatoms. The molecule has 2 aliphatic carbocycles. The number of unbranched alkanes of at least 4 members (excludes halogenated alkanes) is 2. The van der Waals surface area contributed by atoms with Crippen molar-refractivity contribution in [2.24, 2.45) is 5.92 Å². The van der Waals surface area contributed by atoms with Gasteiger partial charge in [-0.2, -0.15) is 0 Å². The number of ether oxygens (including phenoxy) is 1. The fourth-order valence-electron chi connectivity index (χ4n) is 3.56. The second-order valence-corrected chi connectivity index (χ2v) is 6.29. The standard InChI is InChI=1S/C19H30O/c1-3-4-6-9-16-12-13-19(18(14-16)15-20-2)17-10-7-5-8-11-17/h12-13,15,17H,3-11,14H2,1-2H3/b18-15+. The van der Waals surface area contributed by atoms with Crippen molar-refractivity contribution in [3.05, 3.63) is 35.1 Å². The van der Waals surface area contributed by atoms with Crippen molar-refractivity contribution in [1.82, 2.24) is 0 Å². The van der Waals surface area contributed by atoms with E-state index < -0.39 is 0 Å². The molecular weight excluding hydrogens is 244 g/mol. The second-order valence-electron chi connectivity index (χ2n) is 6.29. The largest absolute Gasteiger partial charge is 0.504 e. The van der Waals surface area contributed by atoms with Crippen molar-refractivity contribution in [2.75, 3.05) is 7.11 Å². The van der Waals surface area contributed by atoms with Gasteiger partial charge in [0.05, 0.1) is 13.4 Å². The van der Waals surface area contributed by atoms with E-state index in [0.717, 1.165) is 12.3 Å². The van der Waals surface area contributed by atoms with Crippen molar-refractivity contribution in [1.29, 1.82) is 0 Å². The van der Waals surface area contributed by atoms with Crippen molar-refractivity contribution in [3.63, 3.8) is 0 Å².